The Morgan fingerprint density at radius 3 is 1.61 bits per heavy atom. The van der Waals surface area contributed by atoms with E-state index in [9.17, 15) is 9.59 Å². The van der Waals surface area contributed by atoms with Gasteiger partial charge in [0.25, 0.3) is 0 Å². The third-order valence-corrected chi connectivity index (χ3v) is 8.93. The highest BCUT2D eigenvalue weighted by atomic mass is 127. The van der Waals surface area contributed by atoms with E-state index in [0.29, 0.717) is 23.7 Å². The highest BCUT2D eigenvalue weighted by Gasteiger charge is 2.22. The van der Waals surface area contributed by atoms with E-state index in [4.69, 9.17) is 15.2 Å². The number of thioether (sulfide) groups is 2. The molecule has 0 spiro atoms. The molecule has 0 saturated carbocycles. The van der Waals surface area contributed by atoms with Crippen molar-refractivity contribution in [2.45, 2.75) is 100 Å². The smallest absolute Gasteiger partial charge is 0.313 e. The molecule has 2 unspecified atom stereocenters. The molecule has 212 valence electrons. The van der Waals surface area contributed by atoms with Crippen LogP contribution in [0.25, 0.3) is 0 Å². The maximum atomic E-state index is 12.0. The van der Waals surface area contributed by atoms with Crippen molar-refractivity contribution < 1.29 is 19.1 Å². The van der Waals surface area contributed by atoms with Crippen molar-refractivity contribution in [2.75, 3.05) is 18.9 Å². The fraction of sp³-hybridized carbons (Fsp3) is 0.533. The Bertz CT molecular complexity index is 948. The number of carbonyl (C=O) groups is 2. The number of hydrogen-bond donors (Lipinski definition) is 1. The van der Waals surface area contributed by atoms with Crippen LogP contribution in [0.5, 0.6) is 0 Å². The van der Waals surface area contributed by atoms with Crippen LogP contribution in [-0.2, 0) is 19.1 Å². The Kier molecular flexibility index (Phi) is 16.5. The summed E-state index contributed by atoms with van der Waals surface area (Å²) >= 11 is 5.89. The summed E-state index contributed by atoms with van der Waals surface area (Å²) in [5.74, 6) is -0.627. The summed E-state index contributed by atoms with van der Waals surface area (Å²) in [4.78, 5) is 26.2. The molecule has 0 saturated heterocycles. The first kappa shape index (κ1) is 34.6. The summed E-state index contributed by atoms with van der Waals surface area (Å²) in [7, 11) is 0. The molecule has 0 amide bonds. The van der Waals surface area contributed by atoms with Crippen molar-refractivity contribution in [3.05, 3.63) is 51.1 Å². The molecular weight excluding hydrogens is 629 g/mol. The quantitative estimate of drug-likeness (QED) is 0.105. The van der Waals surface area contributed by atoms with Crippen LogP contribution in [-0.4, -0.2) is 35.7 Å². The SMILES string of the molecule is CCOC(=O)C(CC)c1ccc(I)c(SC(C)C)c1.CCOC(=O)C(CC)c1ccc(N)c(SC(C)C)c1. The van der Waals surface area contributed by atoms with Gasteiger partial charge in [0.15, 0.2) is 0 Å². The predicted molar refractivity (Wildman–Crippen MR) is 171 cm³/mol. The number of anilines is 1. The fourth-order valence-corrected chi connectivity index (χ4v) is 6.29. The van der Waals surface area contributed by atoms with Gasteiger partial charge < -0.3 is 15.2 Å². The minimum absolute atomic E-state index is 0.119. The largest absolute Gasteiger partial charge is 0.466 e. The first-order chi connectivity index (χ1) is 18.0. The van der Waals surface area contributed by atoms with Gasteiger partial charge in [-0.3, -0.25) is 9.59 Å². The average molecular weight is 674 g/mol. The second-order valence-electron chi connectivity index (χ2n) is 9.25. The summed E-state index contributed by atoms with van der Waals surface area (Å²) in [5.41, 5.74) is 8.79. The number of nitrogen functional groups attached to an aromatic ring is 1. The molecule has 0 bridgehead atoms. The van der Waals surface area contributed by atoms with E-state index in [-0.39, 0.29) is 23.8 Å². The Morgan fingerprint density at radius 1 is 0.763 bits per heavy atom. The number of halogens is 1. The number of rotatable bonds is 12. The second-order valence-corrected chi connectivity index (χ2v) is 13.6. The number of carbonyl (C=O) groups excluding carboxylic acids is 2. The van der Waals surface area contributed by atoms with E-state index in [1.807, 2.05) is 63.7 Å². The molecule has 2 atom stereocenters. The summed E-state index contributed by atoms with van der Waals surface area (Å²) in [5, 5.41) is 0.992. The van der Waals surface area contributed by atoms with Crippen LogP contribution in [0.1, 0.15) is 91.2 Å². The van der Waals surface area contributed by atoms with Crippen molar-refractivity contribution >= 4 is 63.7 Å². The van der Waals surface area contributed by atoms with Crippen LogP contribution in [0.2, 0.25) is 0 Å². The third kappa shape index (κ3) is 11.4. The molecule has 2 aromatic rings. The molecule has 0 aromatic heterocycles. The van der Waals surface area contributed by atoms with E-state index >= 15 is 0 Å². The van der Waals surface area contributed by atoms with E-state index < -0.39 is 0 Å². The van der Waals surface area contributed by atoms with Gasteiger partial charge in [-0.25, -0.2) is 0 Å². The van der Waals surface area contributed by atoms with Crippen molar-refractivity contribution in [1.29, 1.82) is 0 Å². The molecular formula is C30H44INO4S2. The van der Waals surface area contributed by atoms with E-state index in [0.717, 1.165) is 34.6 Å². The van der Waals surface area contributed by atoms with Crippen molar-refractivity contribution in [1.82, 2.24) is 0 Å². The Balaban J connectivity index is 0.000000380. The Hall–Kier alpha value is -1.39. The van der Waals surface area contributed by atoms with Gasteiger partial charge in [-0.15, -0.1) is 23.5 Å². The topological polar surface area (TPSA) is 78.6 Å². The van der Waals surface area contributed by atoms with Gasteiger partial charge in [0.2, 0.25) is 0 Å². The summed E-state index contributed by atoms with van der Waals surface area (Å²) in [6, 6.07) is 12.1. The fourth-order valence-electron chi connectivity index (χ4n) is 3.77. The summed E-state index contributed by atoms with van der Waals surface area (Å²) < 4.78 is 11.5. The molecule has 38 heavy (non-hydrogen) atoms. The lowest BCUT2D eigenvalue weighted by Gasteiger charge is -2.16. The van der Waals surface area contributed by atoms with Gasteiger partial charge in [-0.2, -0.15) is 0 Å². The van der Waals surface area contributed by atoms with Crippen LogP contribution in [0.3, 0.4) is 0 Å². The van der Waals surface area contributed by atoms with Crippen molar-refractivity contribution in [2.24, 2.45) is 0 Å². The average Bonchev–Trinajstić information content (AvgIpc) is 2.84. The number of benzene rings is 2. The second kappa shape index (κ2) is 18.1. The zero-order valence-electron chi connectivity index (χ0n) is 24.0. The summed E-state index contributed by atoms with van der Waals surface area (Å²) in [6.45, 7) is 17.1. The number of nitrogens with two attached hydrogens (primary N) is 1. The molecule has 8 heteroatoms. The van der Waals surface area contributed by atoms with Crippen LogP contribution in [0.15, 0.2) is 46.2 Å². The number of esters is 2. The molecule has 0 aliphatic carbocycles. The molecule has 0 heterocycles. The first-order valence-corrected chi connectivity index (χ1v) is 16.2. The van der Waals surface area contributed by atoms with E-state index in [1.54, 1.807) is 11.8 Å². The molecule has 0 fully saturated rings. The molecule has 2 N–H and O–H groups in total. The van der Waals surface area contributed by atoms with Gasteiger partial charge >= 0.3 is 11.9 Å². The number of ether oxygens (including phenoxy) is 2. The lowest BCUT2D eigenvalue weighted by molar-refractivity contribution is -0.146. The van der Waals surface area contributed by atoms with Gasteiger partial charge in [-0.1, -0.05) is 53.7 Å². The van der Waals surface area contributed by atoms with Crippen LogP contribution < -0.4 is 5.73 Å². The monoisotopic (exact) mass is 673 g/mol. The lowest BCUT2D eigenvalue weighted by Crippen LogP contribution is -2.15. The minimum Gasteiger partial charge on any atom is -0.466 e. The van der Waals surface area contributed by atoms with Crippen molar-refractivity contribution in [3.63, 3.8) is 0 Å². The standard InChI is InChI=1S/C15H21IO2S.C15H23NO2S/c2*1-5-12(15(17)18-6-2)11-7-8-13(16)14(9-11)19-10(3)4/h7-10,12H,5-6H2,1-4H3;7-10,12H,5-6,16H2,1-4H3. The zero-order valence-corrected chi connectivity index (χ0v) is 27.8. The van der Waals surface area contributed by atoms with Gasteiger partial charge in [0.05, 0.1) is 25.0 Å². The molecule has 0 radical (unpaired) electrons. The molecule has 2 aromatic carbocycles. The first-order valence-electron chi connectivity index (χ1n) is 13.3. The molecule has 0 aliphatic rings. The highest BCUT2D eigenvalue weighted by molar-refractivity contribution is 14.1. The molecule has 2 rings (SSSR count). The van der Waals surface area contributed by atoms with Gasteiger partial charge in [0.1, 0.15) is 0 Å². The van der Waals surface area contributed by atoms with Crippen molar-refractivity contribution in [3.8, 4) is 0 Å². The van der Waals surface area contributed by atoms with E-state index in [1.165, 1.54) is 8.47 Å². The van der Waals surface area contributed by atoms with Crippen LogP contribution in [0.4, 0.5) is 5.69 Å². The molecule has 0 aliphatic heterocycles. The Labute approximate surface area is 251 Å². The maximum Gasteiger partial charge on any atom is 0.313 e. The highest BCUT2D eigenvalue weighted by Crippen LogP contribution is 2.33. The van der Waals surface area contributed by atoms with Gasteiger partial charge in [-0.05, 0) is 84.7 Å². The van der Waals surface area contributed by atoms with E-state index in [2.05, 4.69) is 62.4 Å². The van der Waals surface area contributed by atoms with Crippen LogP contribution in [0, 0.1) is 3.57 Å². The normalized spacial score (nSPS) is 12.5. The Morgan fingerprint density at radius 2 is 1.18 bits per heavy atom. The van der Waals surface area contributed by atoms with Crippen LogP contribution >= 0.6 is 46.1 Å². The zero-order chi connectivity index (χ0) is 28.8. The van der Waals surface area contributed by atoms with Gasteiger partial charge in [0, 0.05) is 29.5 Å². The predicted octanol–water partition coefficient (Wildman–Crippen LogP) is 8.67. The minimum atomic E-state index is -0.202. The lowest BCUT2D eigenvalue weighted by atomic mass is 9.96. The third-order valence-electron chi connectivity index (χ3n) is 5.48. The number of hydrogen-bond acceptors (Lipinski definition) is 7. The molecule has 5 nitrogen and oxygen atoms in total. The summed E-state index contributed by atoms with van der Waals surface area (Å²) in [6.07, 6.45) is 1.50. The maximum absolute atomic E-state index is 12.0.